The zero-order valence-electron chi connectivity index (χ0n) is 13.7. The van der Waals surface area contributed by atoms with Crippen LogP contribution in [0.3, 0.4) is 0 Å². The number of benzene rings is 1. The lowest BCUT2D eigenvalue weighted by Gasteiger charge is -2.22. The van der Waals surface area contributed by atoms with E-state index in [2.05, 4.69) is 15.4 Å². The van der Waals surface area contributed by atoms with Gasteiger partial charge in [-0.3, -0.25) is 9.52 Å². The van der Waals surface area contributed by atoms with E-state index in [1.807, 2.05) is 13.8 Å². The lowest BCUT2D eigenvalue weighted by Crippen LogP contribution is -2.34. The average Bonchev–Trinajstić information content (AvgIpc) is 2.52. The van der Waals surface area contributed by atoms with Crippen LogP contribution in [0.15, 0.2) is 18.2 Å². The Balaban J connectivity index is 2.11. The highest BCUT2D eigenvalue weighted by Gasteiger charge is 2.21. The summed E-state index contributed by atoms with van der Waals surface area (Å²) in [6.45, 7) is 5.34. The number of anilines is 2. The van der Waals surface area contributed by atoms with E-state index in [0.717, 1.165) is 31.5 Å². The zero-order valence-corrected chi connectivity index (χ0v) is 14.5. The van der Waals surface area contributed by atoms with Crippen LogP contribution in [0.2, 0.25) is 0 Å². The Morgan fingerprint density at radius 3 is 2.57 bits per heavy atom. The molecule has 1 heterocycles. The molecule has 0 saturated carbocycles. The molecule has 3 N–H and O–H groups in total. The van der Waals surface area contributed by atoms with Crippen LogP contribution >= 0.6 is 0 Å². The van der Waals surface area contributed by atoms with Crippen molar-refractivity contribution >= 4 is 27.3 Å². The Kier molecular flexibility index (Phi) is 6.01. The molecule has 1 aromatic carbocycles. The number of hydrogen-bond donors (Lipinski definition) is 3. The fourth-order valence-corrected chi connectivity index (χ4v) is 3.88. The Morgan fingerprint density at radius 1 is 1.26 bits per heavy atom. The Bertz CT molecular complexity index is 653. The minimum absolute atomic E-state index is 0.00293. The number of carbonyl (C=O) groups excluding carboxylic acids is 1. The third-order valence-electron chi connectivity index (χ3n) is 4.04. The Morgan fingerprint density at radius 2 is 1.91 bits per heavy atom. The monoisotopic (exact) mass is 339 g/mol. The first-order valence-corrected chi connectivity index (χ1v) is 9.70. The number of sulfonamides is 1. The molecule has 128 valence electrons. The third-order valence-corrected chi connectivity index (χ3v) is 5.52. The van der Waals surface area contributed by atoms with Crippen molar-refractivity contribution in [3.05, 3.63) is 23.8 Å². The Labute approximate surface area is 138 Å². The first-order chi connectivity index (χ1) is 10.9. The fraction of sp³-hybridized carbons (Fsp3) is 0.562. The highest BCUT2D eigenvalue weighted by molar-refractivity contribution is 7.92. The molecule has 1 amide bonds. The summed E-state index contributed by atoms with van der Waals surface area (Å²) >= 11 is 0. The van der Waals surface area contributed by atoms with E-state index in [-0.39, 0.29) is 17.6 Å². The van der Waals surface area contributed by atoms with Gasteiger partial charge in [-0.2, -0.15) is 0 Å². The number of nitrogens with one attached hydrogen (secondary N) is 3. The van der Waals surface area contributed by atoms with Crippen molar-refractivity contribution in [2.24, 2.45) is 5.92 Å². The van der Waals surface area contributed by atoms with Gasteiger partial charge in [0.1, 0.15) is 0 Å². The molecule has 23 heavy (non-hydrogen) atoms. The van der Waals surface area contributed by atoms with E-state index in [4.69, 9.17) is 0 Å². The third kappa shape index (κ3) is 4.94. The second-order valence-electron chi connectivity index (χ2n) is 5.91. The van der Waals surface area contributed by atoms with Crippen LogP contribution in [0.5, 0.6) is 0 Å². The minimum atomic E-state index is -3.34. The molecule has 0 radical (unpaired) electrons. The molecular weight excluding hydrogens is 314 g/mol. The number of carbonyl (C=O) groups is 1. The van der Waals surface area contributed by atoms with Crippen LogP contribution in [0.1, 0.15) is 31.7 Å². The largest absolute Gasteiger partial charge is 0.326 e. The van der Waals surface area contributed by atoms with Gasteiger partial charge in [0.2, 0.25) is 15.9 Å². The molecule has 0 spiro atoms. The first kappa shape index (κ1) is 17.7. The van der Waals surface area contributed by atoms with Gasteiger partial charge < -0.3 is 10.6 Å². The predicted octanol–water partition coefficient (Wildman–Crippen LogP) is 2.08. The van der Waals surface area contributed by atoms with Crippen molar-refractivity contribution in [2.45, 2.75) is 33.1 Å². The maximum atomic E-state index is 12.3. The smallest absolute Gasteiger partial charge is 0.232 e. The summed E-state index contributed by atoms with van der Waals surface area (Å²) in [5, 5.41) is 6.17. The van der Waals surface area contributed by atoms with E-state index >= 15 is 0 Å². The lowest BCUT2D eigenvalue weighted by atomic mass is 9.97. The summed E-state index contributed by atoms with van der Waals surface area (Å²) < 4.78 is 26.4. The van der Waals surface area contributed by atoms with Crippen LogP contribution in [0, 0.1) is 12.8 Å². The molecule has 2 rings (SSSR count). The van der Waals surface area contributed by atoms with Gasteiger partial charge in [-0.25, -0.2) is 8.42 Å². The van der Waals surface area contributed by atoms with Gasteiger partial charge in [-0.05, 0) is 57.0 Å². The van der Waals surface area contributed by atoms with E-state index in [1.165, 1.54) is 0 Å². The molecule has 6 nitrogen and oxygen atoms in total. The number of rotatable bonds is 6. The van der Waals surface area contributed by atoms with Gasteiger partial charge >= 0.3 is 0 Å². The molecule has 1 aliphatic rings. The number of hydrogen-bond acceptors (Lipinski definition) is 4. The van der Waals surface area contributed by atoms with Gasteiger partial charge in [0.15, 0.2) is 0 Å². The quantitative estimate of drug-likeness (QED) is 0.740. The molecule has 1 fully saturated rings. The van der Waals surface area contributed by atoms with Gasteiger partial charge in [0.25, 0.3) is 0 Å². The van der Waals surface area contributed by atoms with Crippen LogP contribution < -0.4 is 15.4 Å². The summed E-state index contributed by atoms with van der Waals surface area (Å²) in [5.74, 6) is 0.0946. The summed E-state index contributed by atoms with van der Waals surface area (Å²) in [6.07, 6.45) is 2.21. The second kappa shape index (κ2) is 7.79. The molecular formula is C16H25N3O3S. The van der Waals surface area contributed by atoms with Crippen LogP contribution in [-0.2, 0) is 14.8 Å². The normalized spacial score (nSPS) is 16.1. The SMILES string of the molecule is CCCS(=O)(=O)Nc1cccc(NC(=O)C2CCNCC2)c1C. The number of piperidine rings is 1. The van der Waals surface area contributed by atoms with Crippen molar-refractivity contribution in [2.75, 3.05) is 28.9 Å². The molecule has 0 atom stereocenters. The summed E-state index contributed by atoms with van der Waals surface area (Å²) in [4.78, 5) is 12.3. The molecule has 1 aliphatic heterocycles. The van der Waals surface area contributed by atoms with E-state index in [9.17, 15) is 13.2 Å². The van der Waals surface area contributed by atoms with Crippen molar-refractivity contribution in [1.82, 2.24) is 5.32 Å². The Hall–Kier alpha value is -1.60. The summed E-state index contributed by atoms with van der Waals surface area (Å²) in [6, 6.07) is 5.25. The van der Waals surface area contributed by atoms with E-state index in [0.29, 0.717) is 17.8 Å². The van der Waals surface area contributed by atoms with Gasteiger partial charge in [0.05, 0.1) is 11.4 Å². The maximum Gasteiger partial charge on any atom is 0.232 e. The molecule has 7 heteroatoms. The van der Waals surface area contributed by atoms with Crippen molar-refractivity contribution in [3.63, 3.8) is 0 Å². The van der Waals surface area contributed by atoms with Gasteiger partial charge in [-0.1, -0.05) is 13.0 Å². The lowest BCUT2D eigenvalue weighted by molar-refractivity contribution is -0.120. The topological polar surface area (TPSA) is 87.3 Å². The summed E-state index contributed by atoms with van der Waals surface area (Å²) in [5.41, 5.74) is 1.90. The van der Waals surface area contributed by atoms with Crippen LogP contribution in [0.25, 0.3) is 0 Å². The van der Waals surface area contributed by atoms with E-state index in [1.54, 1.807) is 18.2 Å². The fourth-order valence-electron chi connectivity index (χ4n) is 2.69. The highest BCUT2D eigenvalue weighted by Crippen LogP contribution is 2.25. The van der Waals surface area contributed by atoms with Crippen LogP contribution in [0.4, 0.5) is 11.4 Å². The van der Waals surface area contributed by atoms with Crippen molar-refractivity contribution in [1.29, 1.82) is 0 Å². The predicted molar refractivity (Wildman–Crippen MR) is 93.1 cm³/mol. The highest BCUT2D eigenvalue weighted by atomic mass is 32.2. The van der Waals surface area contributed by atoms with Crippen LogP contribution in [-0.4, -0.2) is 33.2 Å². The van der Waals surface area contributed by atoms with Gasteiger partial charge in [0, 0.05) is 11.6 Å². The molecule has 1 aromatic rings. The average molecular weight is 339 g/mol. The minimum Gasteiger partial charge on any atom is -0.326 e. The molecule has 1 saturated heterocycles. The molecule has 0 aromatic heterocycles. The molecule has 0 aliphatic carbocycles. The zero-order chi connectivity index (χ0) is 16.9. The van der Waals surface area contributed by atoms with E-state index < -0.39 is 10.0 Å². The number of amides is 1. The van der Waals surface area contributed by atoms with Gasteiger partial charge in [-0.15, -0.1) is 0 Å². The molecule has 0 bridgehead atoms. The summed E-state index contributed by atoms with van der Waals surface area (Å²) in [7, 11) is -3.34. The maximum absolute atomic E-state index is 12.3. The first-order valence-electron chi connectivity index (χ1n) is 8.04. The van der Waals surface area contributed by atoms with Crippen molar-refractivity contribution in [3.8, 4) is 0 Å². The van der Waals surface area contributed by atoms with Crippen molar-refractivity contribution < 1.29 is 13.2 Å². The standard InChI is InChI=1S/C16H25N3O3S/c1-3-11-23(21,22)19-15-6-4-5-14(12(15)2)18-16(20)13-7-9-17-10-8-13/h4-6,13,17,19H,3,7-11H2,1-2H3,(H,18,20). The molecule has 0 unspecified atom stereocenters. The second-order valence-corrected chi connectivity index (χ2v) is 7.75.